The predicted octanol–water partition coefficient (Wildman–Crippen LogP) is 2.44. The average molecular weight is 280 g/mol. The van der Waals surface area contributed by atoms with Crippen molar-refractivity contribution in [3.63, 3.8) is 0 Å². The summed E-state index contributed by atoms with van der Waals surface area (Å²) in [4.78, 5) is 2.36. The molecule has 0 fully saturated rings. The molecule has 1 atom stereocenters. The van der Waals surface area contributed by atoms with Gasteiger partial charge in [0.05, 0.1) is 0 Å². The van der Waals surface area contributed by atoms with Crippen LogP contribution in [0.2, 0.25) is 0 Å². The molecule has 1 unspecified atom stereocenters. The number of benzene rings is 1. The fraction of sp³-hybridized carbons (Fsp3) is 0.625. The third-order valence-corrected chi connectivity index (χ3v) is 3.88. The van der Waals surface area contributed by atoms with Gasteiger partial charge in [-0.3, -0.25) is 4.90 Å². The first kappa shape index (κ1) is 15.3. The van der Waals surface area contributed by atoms with Gasteiger partial charge in [-0.1, -0.05) is 20.8 Å². The maximum atomic E-state index is 13.2. The highest BCUT2D eigenvalue weighted by molar-refractivity contribution is 5.37. The van der Waals surface area contributed by atoms with Crippen LogP contribution in [0.5, 0.6) is 5.75 Å². The molecule has 1 aliphatic rings. The van der Waals surface area contributed by atoms with E-state index in [9.17, 15) is 4.39 Å². The largest absolute Gasteiger partial charge is 0.488 e. The summed E-state index contributed by atoms with van der Waals surface area (Å²) in [5.41, 5.74) is 6.88. The number of halogens is 1. The molecule has 1 aromatic carbocycles. The van der Waals surface area contributed by atoms with Crippen molar-refractivity contribution in [3.8, 4) is 5.75 Å². The molecule has 0 amide bonds. The first-order valence-corrected chi connectivity index (χ1v) is 7.31. The van der Waals surface area contributed by atoms with Gasteiger partial charge in [-0.2, -0.15) is 0 Å². The summed E-state index contributed by atoms with van der Waals surface area (Å²) in [7, 11) is 0. The van der Waals surface area contributed by atoms with Crippen molar-refractivity contribution in [2.24, 2.45) is 11.1 Å². The quantitative estimate of drug-likeness (QED) is 0.870. The van der Waals surface area contributed by atoms with Crippen molar-refractivity contribution in [1.29, 1.82) is 0 Å². The lowest BCUT2D eigenvalue weighted by Crippen LogP contribution is -2.43. The molecule has 1 heterocycles. The van der Waals surface area contributed by atoms with Gasteiger partial charge in [0.15, 0.2) is 0 Å². The van der Waals surface area contributed by atoms with Gasteiger partial charge in [0.25, 0.3) is 0 Å². The number of rotatable bonds is 6. The molecule has 20 heavy (non-hydrogen) atoms. The summed E-state index contributed by atoms with van der Waals surface area (Å²) >= 11 is 0. The topological polar surface area (TPSA) is 38.5 Å². The molecular formula is C16H25FN2O. The summed E-state index contributed by atoms with van der Waals surface area (Å²) in [6.45, 7) is 9.94. The van der Waals surface area contributed by atoms with Gasteiger partial charge in [-0.25, -0.2) is 4.39 Å². The standard InChI is InChI=1S/C16H25FN2O/c1-4-19(11-16(2,3)10-18)9-14-8-12-7-13(17)5-6-15(12)20-14/h5-7,14H,4,8-11,18H2,1-3H3. The Morgan fingerprint density at radius 1 is 1.45 bits per heavy atom. The molecule has 0 saturated heterocycles. The van der Waals surface area contributed by atoms with Crippen molar-refractivity contribution >= 4 is 0 Å². The highest BCUT2D eigenvalue weighted by atomic mass is 19.1. The van der Waals surface area contributed by atoms with Crippen LogP contribution in [0.15, 0.2) is 18.2 Å². The van der Waals surface area contributed by atoms with Crippen LogP contribution in [0.3, 0.4) is 0 Å². The van der Waals surface area contributed by atoms with E-state index in [1.165, 1.54) is 6.07 Å². The summed E-state index contributed by atoms with van der Waals surface area (Å²) in [6, 6.07) is 4.76. The van der Waals surface area contributed by atoms with Gasteiger partial charge >= 0.3 is 0 Å². The minimum absolute atomic E-state index is 0.105. The van der Waals surface area contributed by atoms with Gasteiger partial charge in [0, 0.05) is 25.1 Å². The monoisotopic (exact) mass is 280 g/mol. The lowest BCUT2D eigenvalue weighted by molar-refractivity contribution is 0.121. The average Bonchev–Trinajstić information content (AvgIpc) is 2.79. The molecule has 0 aliphatic carbocycles. The van der Waals surface area contributed by atoms with Gasteiger partial charge in [0.1, 0.15) is 17.7 Å². The lowest BCUT2D eigenvalue weighted by atomic mass is 9.93. The van der Waals surface area contributed by atoms with E-state index >= 15 is 0 Å². The van der Waals surface area contributed by atoms with Gasteiger partial charge in [-0.15, -0.1) is 0 Å². The summed E-state index contributed by atoms with van der Waals surface area (Å²) < 4.78 is 19.1. The maximum Gasteiger partial charge on any atom is 0.123 e. The molecule has 3 nitrogen and oxygen atoms in total. The van der Waals surface area contributed by atoms with E-state index < -0.39 is 0 Å². The summed E-state index contributed by atoms with van der Waals surface area (Å²) in [5.74, 6) is 0.634. The minimum atomic E-state index is -0.190. The van der Waals surface area contributed by atoms with Gasteiger partial charge in [0.2, 0.25) is 0 Å². The molecule has 4 heteroatoms. The first-order chi connectivity index (χ1) is 9.43. The predicted molar refractivity (Wildman–Crippen MR) is 79.5 cm³/mol. The normalized spacial score (nSPS) is 18.2. The van der Waals surface area contributed by atoms with Crippen molar-refractivity contribution in [3.05, 3.63) is 29.6 Å². The highest BCUT2D eigenvalue weighted by Crippen LogP contribution is 2.30. The number of hydrogen-bond donors (Lipinski definition) is 1. The number of nitrogens with two attached hydrogens (primary N) is 1. The molecule has 2 N–H and O–H groups in total. The van der Waals surface area contributed by atoms with Crippen LogP contribution in [-0.4, -0.2) is 37.2 Å². The van der Waals surface area contributed by atoms with E-state index in [0.29, 0.717) is 6.54 Å². The molecule has 1 aliphatic heterocycles. The Labute approximate surface area is 120 Å². The molecule has 2 rings (SSSR count). The SMILES string of the molecule is CCN(CC1Cc2cc(F)ccc2O1)CC(C)(C)CN. The third kappa shape index (κ3) is 3.70. The van der Waals surface area contributed by atoms with Crippen LogP contribution in [0, 0.1) is 11.2 Å². The minimum Gasteiger partial charge on any atom is -0.488 e. The molecule has 0 bridgehead atoms. The first-order valence-electron chi connectivity index (χ1n) is 7.31. The van der Waals surface area contributed by atoms with Crippen LogP contribution < -0.4 is 10.5 Å². The summed E-state index contributed by atoms with van der Waals surface area (Å²) in [6.07, 6.45) is 0.896. The molecule has 0 radical (unpaired) electrons. The van der Waals surface area contributed by atoms with E-state index in [0.717, 1.165) is 37.4 Å². The van der Waals surface area contributed by atoms with Crippen molar-refractivity contribution in [2.75, 3.05) is 26.2 Å². The maximum absolute atomic E-state index is 13.2. The van der Waals surface area contributed by atoms with E-state index in [4.69, 9.17) is 10.5 Å². The van der Waals surface area contributed by atoms with E-state index in [2.05, 4.69) is 25.7 Å². The molecule has 0 spiro atoms. The second-order valence-corrected chi connectivity index (χ2v) is 6.39. The third-order valence-electron chi connectivity index (χ3n) is 3.88. The number of nitrogens with zero attached hydrogens (tertiary/aromatic N) is 1. The smallest absolute Gasteiger partial charge is 0.123 e. The number of fused-ring (bicyclic) bond motifs is 1. The molecule has 0 aromatic heterocycles. The molecule has 0 saturated carbocycles. The Morgan fingerprint density at radius 3 is 2.85 bits per heavy atom. The Bertz CT molecular complexity index is 462. The fourth-order valence-corrected chi connectivity index (χ4v) is 2.65. The number of hydrogen-bond acceptors (Lipinski definition) is 3. The summed E-state index contributed by atoms with van der Waals surface area (Å²) in [5, 5.41) is 0. The van der Waals surface area contributed by atoms with Crippen LogP contribution in [0.25, 0.3) is 0 Å². The van der Waals surface area contributed by atoms with Crippen LogP contribution in [-0.2, 0) is 6.42 Å². The van der Waals surface area contributed by atoms with Gasteiger partial charge < -0.3 is 10.5 Å². The van der Waals surface area contributed by atoms with E-state index in [1.54, 1.807) is 12.1 Å². The number of likely N-dealkylation sites (N-methyl/N-ethyl adjacent to an activating group) is 1. The Hall–Kier alpha value is -1.13. The zero-order chi connectivity index (χ0) is 14.8. The lowest BCUT2D eigenvalue weighted by Gasteiger charge is -2.32. The Morgan fingerprint density at radius 2 is 2.20 bits per heavy atom. The van der Waals surface area contributed by atoms with Crippen LogP contribution in [0.1, 0.15) is 26.3 Å². The fourth-order valence-electron chi connectivity index (χ4n) is 2.65. The van der Waals surface area contributed by atoms with Crippen molar-refractivity contribution < 1.29 is 9.13 Å². The molecule has 1 aromatic rings. The second kappa shape index (κ2) is 6.10. The van der Waals surface area contributed by atoms with Crippen LogP contribution >= 0.6 is 0 Å². The van der Waals surface area contributed by atoms with Crippen molar-refractivity contribution in [2.45, 2.75) is 33.3 Å². The Kier molecular flexibility index (Phi) is 4.66. The number of ether oxygens (including phenoxy) is 1. The Balaban J connectivity index is 1.94. The zero-order valence-electron chi connectivity index (χ0n) is 12.7. The second-order valence-electron chi connectivity index (χ2n) is 6.39. The van der Waals surface area contributed by atoms with Gasteiger partial charge in [-0.05, 0) is 36.7 Å². The van der Waals surface area contributed by atoms with E-state index in [1.807, 2.05) is 0 Å². The van der Waals surface area contributed by atoms with E-state index in [-0.39, 0.29) is 17.3 Å². The highest BCUT2D eigenvalue weighted by Gasteiger charge is 2.27. The zero-order valence-corrected chi connectivity index (χ0v) is 12.7. The molecule has 112 valence electrons. The molecular weight excluding hydrogens is 255 g/mol. The van der Waals surface area contributed by atoms with Crippen LogP contribution in [0.4, 0.5) is 4.39 Å². The van der Waals surface area contributed by atoms with Crippen molar-refractivity contribution in [1.82, 2.24) is 4.90 Å².